The van der Waals surface area contributed by atoms with Gasteiger partial charge >= 0.3 is 0 Å². The van der Waals surface area contributed by atoms with Crippen molar-refractivity contribution in [2.75, 3.05) is 4.90 Å². The van der Waals surface area contributed by atoms with Gasteiger partial charge in [-0.05, 0) is 18.2 Å². The largest absolute Gasteiger partial charge is 0.274 e. The second-order valence-corrected chi connectivity index (χ2v) is 9.79. The van der Waals surface area contributed by atoms with Crippen LogP contribution in [0.3, 0.4) is 0 Å². The van der Waals surface area contributed by atoms with Crippen molar-refractivity contribution >= 4 is 98.7 Å². The monoisotopic (exact) mass is 477 g/mol. The van der Waals surface area contributed by atoms with Gasteiger partial charge in [-0.15, -0.1) is 23.2 Å². The van der Waals surface area contributed by atoms with Gasteiger partial charge in [0.25, 0.3) is 0 Å². The Hall–Kier alpha value is 0.130. The zero-order chi connectivity index (χ0) is 18.5. The molecule has 0 aromatic heterocycles. The van der Waals surface area contributed by atoms with Crippen LogP contribution < -0.4 is 4.90 Å². The highest BCUT2D eigenvalue weighted by Gasteiger charge is 2.87. The summed E-state index contributed by atoms with van der Waals surface area (Å²) in [6.45, 7) is 0. The summed E-state index contributed by atoms with van der Waals surface area (Å²) in [5, 5.41) is 0.120. The van der Waals surface area contributed by atoms with Crippen LogP contribution in [0.25, 0.3) is 0 Å². The minimum Gasteiger partial charge on any atom is -0.274 e. The number of halogens is 7. The number of amides is 2. The number of rotatable bonds is 1. The normalized spacial score (nSPS) is 38.8. The molecule has 1 saturated heterocycles. The highest BCUT2D eigenvalue weighted by atomic mass is 35.5. The second kappa shape index (κ2) is 5.35. The molecule has 0 spiro atoms. The third-order valence-corrected chi connectivity index (χ3v) is 9.47. The van der Waals surface area contributed by atoms with Crippen LogP contribution in [0.1, 0.15) is 0 Å². The fraction of sp³-hybridized carbons (Fsp3) is 0.333. The molecule has 2 fully saturated rings. The SMILES string of the molecule is O=C1[C@@H]2[C@@H](C(=O)N1c1cccc(Cl)c1)[C@]1(Cl)C(Cl)=C(Cl)[C@]2(Cl)C1(Cl)Cl. The van der Waals surface area contributed by atoms with E-state index in [2.05, 4.69) is 0 Å². The molecule has 0 N–H and O–H groups in total. The number of benzene rings is 1. The van der Waals surface area contributed by atoms with E-state index >= 15 is 0 Å². The topological polar surface area (TPSA) is 37.4 Å². The molecule has 132 valence electrons. The summed E-state index contributed by atoms with van der Waals surface area (Å²) < 4.78 is -1.93. The van der Waals surface area contributed by atoms with E-state index < -0.39 is 37.7 Å². The summed E-state index contributed by atoms with van der Waals surface area (Å²) in [6.07, 6.45) is 0. The highest BCUT2D eigenvalue weighted by Crippen LogP contribution is 2.77. The minimum absolute atomic E-state index is 0.119. The molecule has 2 aliphatic carbocycles. The van der Waals surface area contributed by atoms with Crippen LogP contribution in [-0.2, 0) is 9.59 Å². The van der Waals surface area contributed by atoms with Gasteiger partial charge in [0.1, 0.15) is 9.75 Å². The number of allylic oxidation sites excluding steroid dienone is 2. The van der Waals surface area contributed by atoms with Crippen molar-refractivity contribution in [3.05, 3.63) is 39.4 Å². The predicted molar refractivity (Wildman–Crippen MR) is 101 cm³/mol. The maximum absolute atomic E-state index is 13.1. The van der Waals surface area contributed by atoms with Crippen LogP contribution >= 0.6 is 81.2 Å². The molecule has 1 aromatic carbocycles. The molecule has 4 atom stereocenters. The van der Waals surface area contributed by atoms with Gasteiger partial charge in [-0.25, -0.2) is 4.90 Å². The Balaban J connectivity index is 1.92. The first-order valence-electron chi connectivity index (χ1n) is 6.96. The molecule has 3 nitrogen and oxygen atoms in total. The number of carbonyl (C=O) groups is 2. The highest BCUT2D eigenvalue weighted by molar-refractivity contribution is 6.67. The molecular formula is C15H6Cl7NO2. The molecule has 1 aromatic rings. The van der Waals surface area contributed by atoms with Crippen LogP contribution in [0, 0.1) is 11.8 Å². The maximum Gasteiger partial charge on any atom is 0.240 e. The Morgan fingerprint density at radius 3 is 1.76 bits per heavy atom. The second-order valence-electron chi connectivity index (χ2n) is 6.07. The van der Waals surface area contributed by atoms with E-state index in [1.807, 2.05) is 0 Å². The lowest BCUT2D eigenvalue weighted by Crippen LogP contribution is -2.50. The first-order valence-corrected chi connectivity index (χ1v) is 9.61. The predicted octanol–water partition coefficient (Wildman–Crippen LogP) is 5.29. The Kier molecular flexibility index (Phi) is 3.96. The van der Waals surface area contributed by atoms with Gasteiger partial charge in [0.15, 0.2) is 4.33 Å². The summed E-state index contributed by atoms with van der Waals surface area (Å²) in [5.41, 5.74) is 0.291. The van der Waals surface area contributed by atoms with Gasteiger partial charge in [0.05, 0.1) is 27.6 Å². The zero-order valence-electron chi connectivity index (χ0n) is 11.9. The van der Waals surface area contributed by atoms with Gasteiger partial charge < -0.3 is 0 Å². The molecule has 3 aliphatic rings. The molecule has 10 heteroatoms. The molecule has 2 amide bonds. The fourth-order valence-corrected chi connectivity index (χ4v) is 6.98. The first-order chi connectivity index (χ1) is 11.5. The van der Waals surface area contributed by atoms with E-state index in [0.29, 0.717) is 10.7 Å². The zero-order valence-corrected chi connectivity index (χ0v) is 17.2. The lowest BCUT2D eigenvalue weighted by molar-refractivity contribution is -0.123. The smallest absolute Gasteiger partial charge is 0.240 e. The third-order valence-electron chi connectivity index (χ3n) is 4.98. The van der Waals surface area contributed by atoms with Crippen molar-refractivity contribution in [2.24, 2.45) is 11.8 Å². The van der Waals surface area contributed by atoms with Crippen molar-refractivity contribution < 1.29 is 9.59 Å². The number of anilines is 1. The van der Waals surface area contributed by atoms with Crippen LogP contribution in [0.15, 0.2) is 34.3 Å². The molecule has 2 bridgehead atoms. The lowest BCUT2D eigenvalue weighted by atomic mass is 9.84. The maximum atomic E-state index is 13.1. The van der Waals surface area contributed by atoms with Crippen molar-refractivity contribution in [1.29, 1.82) is 0 Å². The average Bonchev–Trinajstić information content (AvgIpc) is 2.92. The van der Waals surface area contributed by atoms with Crippen LogP contribution in [0.2, 0.25) is 5.02 Å². The number of alkyl halides is 4. The number of hydrogen-bond donors (Lipinski definition) is 0. The van der Waals surface area contributed by atoms with E-state index in [-0.39, 0.29) is 10.1 Å². The summed E-state index contributed by atoms with van der Waals surface area (Å²) in [6, 6.07) is 6.27. The Morgan fingerprint density at radius 2 is 1.32 bits per heavy atom. The molecule has 1 aliphatic heterocycles. The first kappa shape index (κ1) is 18.5. The fourth-order valence-electron chi connectivity index (χ4n) is 3.86. The summed E-state index contributed by atoms with van der Waals surface area (Å²) in [4.78, 5) is 23.5. The van der Waals surface area contributed by atoms with Gasteiger partial charge in [0, 0.05) is 5.02 Å². The minimum atomic E-state index is -1.93. The molecule has 0 unspecified atom stereocenters. The van der Waals surface area contributed by atoms with Crippen molar-refractivity contribution in [2.45, 2.75) is 14.1 Å². The van der Waals surface area contributed by atoms with Crippen LogP contribution in [0.4, 0.5) is 5.69 Å². The lowest BCUT2D eigenvalue weighted by Gasteiger charge is -2.34. The molecule has 0 radical (unpaired) electrons. The Morgan fingerprint density at radius 1 is 0.840 bits per heavy atom. The van der Waals surface area contributed by atoms with E-state index in [1.165, 1.54) is 6.07 Å². The number of nitrogens with zero attached hydrogens (tertiary/aromatic N) is 1. The average molecular weight is 480 g/mol. The number of imide groups is 1. The van der Waals surface area contributed by atoms with Crippen LogP contribution in [0.5, 0.6) is 0 Å². The number of fused-ring (bicyclic) bond motifs is 5. The Labute approximate surface area is 177 Å². The number of hydrogen-bond acceptors (Lipinski definition) is 2. The van der Waals surface area contributed by atoms with Crippen LogP contribution in [-0.4, -0.2) is 25.9 Å². The summed E-state index contributed by atoms with van der Waals surface area (Å²) in [7, 11) is 0. The molecule has 25 heavy (non-hydrogen) atoms. The van der Waals surface area contributed by atoms with Crippen molar-refractivity contribution in [3.63, 3.8) is 0 Å². The van der Waals surface area contributed by atoms with E-state index in [9.17, 15) is 9.59 Å². The van der Waals surface area contributed by atoms with Crippen molar-refractivity contribution in [3.8, 4) is 0 Å². The number of carbonyl (C=O) groups excluding carboxylic acids is 2. The van der Waals surface area contributed by atoms with E-state index in [1.54, 1.807) is 18.2 Å². The molecule has 4 rings (SSSR count). The quantitative estimate of drug-likeness (QED) is 0.405. The standard InChI is InChI=1S/C15H6Cl7NO2/c16-5-2-1-3-6(4-5)23-11(24)7-8(12(23)25)14(20)10(18)9(17)13(7,19)15(14,21)22/h1-4,7-8H/t7-,8-,13-,14-/m0/s1. The van der Waals surface area contributed by atoms with Gasteiger partial charge in [-0.2, -0.15) is 0 Å². The van der Waals surface area contributed by atoms with E-state index in [4.69, 9.17) is 81.2 Å². The summed E-state index contributed by atoms with van der Waals surface area (Å²) >= 11 is 44.5. The Bertz CT molecular complexity index is 838. The van der Waals surface area contributed by atoms with Gasteiger partial charge in [-0.3, -0.25) is 9.59 Å². The molecular weight excluding hydrogens is 474 g/mol. The van der Waals surface area contributed by atoms with Crippen molar-refractivity contribution in [1.82, 2.24) is 0 Å². The molecule has 1 heterocycles. The summed E-state index contributed by atoms with van der Waals surface area (Å²) in [5.74, 6) is -3.52. The van der Waals surface area contributed by atoms with E-state index in [0.717, 1.165) is 4.90 Å². The molecule has 1 saturated carbocycles. The van der Waals surface area contributed by atoms with Gasteiger partial charge in [-0.1, -0.05) is 64.1 Å². The third kappa shape index (κ3) is 1.84. The van der Waals surface area contributed by atoms with Gasteiger partial charge in [0.2, 0.25) is 11.8 Å².